The van der Waals surface area contributed by atoms with Crippen LogP contribution in [0.5, 0.6) is 5.75 Å². The fourth-order valence-corrected chi connectivity index (χ4v) is 3.34. The first-order chi connectivity index (χ1) is 12.2. The number of carbonyl (C=O) groups is 3. The number of ether oxygens (including phenoxy) is 2. The number of phenolic OH excluding ortho intramolecular Hbond substituents is 1. The Balaban J connectivity index is 2.05. The molecular weight excluding hydrogens is 382 g/mol. The number of hydrogen-bond acceptors (Lipinski definition) is 7. The third-order valence-corrected chi connectivity index (χ3v) is 4.90. The molecule has 0 aliphatic heterocycles. The van der Waals surface area contributed by atoms with Crippen molar-refractivity contribution < 1.29 is 29.0 Å². The van der Waals surface area contributed by atoms with Crippen LogP contribution in [-0.4, -0.2) is 36.7 Å². The number of halogens is 1. The highest BCUT2D eigenvalue weighted by Gasteiger charge is 2.22. The van der Waals surface area contributed by atoms with Gasteiger partial charge in [0, 0.05) is 9.90 Å². The zero-order chi connectivity index (χ0) is 19.4. The van der Waals surface area contributed by atoms with Gasteiger partial charge in [0.05, 0.1) is 12.7 Å². The van der Waals surface area contributed by atoms with Crippen molar-refractivity contribution in [2.75, 3.05) is 19.0 Å². The zero-order valence-corrected chi connectivity index (χ0v) is 15.8. The van der Waals surface area contributed by atoms with E-state index in [2.05, 4.69) is 5.32 Å². The Kier molecular flexibility index (Phi) is 6.23. The number of aromatic hydroxyl groups is 1. The summed E-state index contributed by atoms with van der Waals surface area (Å²) in [7, 11) is 1.25. The summed E-state index contributed by atoms with van der Waals surface area (Å²) in [5, 5.41) is 12.8. The number of aryl methyl sites for hydroxylation is 1. The fraction of sp³-hybridized carbons (Fsp3) is 0.235. The number of thiophene rings is 1. The first kappa shape index (κ1) is 19.7. The lowest BCUT2D eigenvalue weighted by Gasteiger charge is -2.08. The van der Waals surface area contributed by atoms with Gasteiger partial charge in [0.25, 0.3) is 5.91 Å². The molecule has 1 amide bonds. The largest absolute Gasteiger partial charge is 0.507 e. The number of anilines is 1. The van der Waals surface area contributed by atoms with Crippen molar-refractivity contribution in [3.63, 3.8) is 0 Å². The molecule has 0 saturated carbocycles. The number of benzene rings is 1. The highest BCUT2D eigenvalue weighted by molar-refractivity contribution is 7.16. The minimum Gasteiger partial charge on any atom is -0.507 e. The second-order valence-electron chi connectivity index (χ2n) is 5.26. The molecule has 0 unspecified atom stereocenters. The molecule has 2 N–H and O–H groups in total. The van der Waals surface area contributed by atoms with Gasteiger partial charge in [0.15, 0.2) is 6.61 Å². The molecule has 9 heteroatoms. The Hall–Kier alpha value is -2.58. The third-order valence-electron chi connectivity index (χ3n) is 3.54. The van der Waals surface area contributed by atoms with E-state index in [1.165, 1.54) is 36.6 Å². The summed E-state index contributed by atoms with van der Waals surface area (Å²) in [6.07, 6.45) is 0. The van der Waals surface area contributed by atoms with Crippen molar-refractivity contribution in [2.45, 2.75) is 13.8 Å². The topological polar surface area (TPSA) is 102 Å². The van der Waals surface area contributed by atoms with E-state index in [-0.39, 0.29) is 21.9 Å². The van der Waals surface area contributed by atoms with Crippen molar-refractivity contribution in [2.24, 2.45) is 0 Å². The average Bonchev–Trinajstić information content (AvgIpc) is 2.86. The molecule has 1 aromatic carbocycles. The molecule has 26 heavy (non-hydrogen) atoms. The van der Waals surface area contributed by atoms with E-state index >= 15 is 0 Å². The zero-order valence-electron chi connectivity index (χ0n) is 14.2. The lowest BCUT2D eigenvalue weighted by atomic mass is 10.1. The summed E-state index contributed by atoms with van der Waals surface area (Å²) >= 11 is 6.91. The number of hydrogen-bond donors (Lipinski definition) is 2. The van der Waals surface area contributed by atoms with E-state index in [4.69, 9.17) is 21.1 Å². The van der Waals surface area contributed by atoms with Crippen LogP contribution < -0.4 is 5.32 Å². The van der Waals surface area contributed by atoms with Crippen molar-refractivity contribution >= 4 is 45.8 Å². The fourth-order valence-electron chi connectivity index (χ4n) is 2.11. The summed E-state index contributed by atoms with van der Waals surface area (Å²) in [5.74, 6) is -2.41. The van der Waals surface area contributed by atoms with E-state index in [0.29, 0.717) is 10.6 Å². The molecule has 0 radical (unpaired) electrons. The molecule has 2 rings (SSSR count). The van der Waals surface area contributed by atoms with Crippen LogP contribution in [0.15, 0.2) is 18.2 Å². The van der Waals surface area contributed by atoms with Crippen LogP contribution in [0, 0.1) is 13.8 Å². The maximum atomic E-state index is 12.1. The lowest BCUT2D eigenvalue weighted by Crippen LogP contribution is -2.21. The number of rotatable bonds is 5. The molecule has 7 nitrogen and oxygen atoms in total. The standard InChI is InChI=1S/C17H16ClNO6S/c1-8-9(2)26-15(14(8)17(23)24-3)19-13(21)7-25-16(22)11-5-4-10(18)6-12(11)20/h4-6,20H,7H2,1-3H3,(H,19,21). The Bertz CT molecular complexity index is 876. The van der Waals surface area contributed by atoms with Crippen molar-refractivity contribution in [3.05, 3.63) is 44.8 Å². The van der Waals surface area contributed by atoms with Crippen LogP contribution in [0.1, 0.15) is 31.2 Å². The van der Waals surface area contributed by atoms with E-state index in [1.54, 1.807) is 6.92 Å². The second-order valence-corrected chi connectivity index (χ2v) is 6.93. The Morgan fingerprint density at radius 2 is 1.92 bits per heavy atom. The first-order valence-corrected chi connectivity index (χ1v) is 8.57. The van der Waals surface area contributed by atoms with Gasteiger partial charge in [-0.05, 0) is 37.6 Å². The smallest absolute Gasteiger partial charge is 0.342 e. The van der Waals surface area contributed by atoms with E-state index in [0.717, 1.165) is 4.88 Å². The third kappa shape index (κ3) is 4.33. The number of methoxy groups -OCH3 is 1. The van der Waals surface area contributed by atoms with Crippen molar-refractivity contribution in [1.82, 2.24) is 0 Å². The quantitative estimate of drug-likeness (QED) is 0.750. The molecule has 0 fully saturated rings. The van der Waals surface area contributed by atoms with Crippen LogP contribution in [0.25, 0.3) is 0 Å². The van der Waals surface area contributed by atoms with Crippen LogP contribution in [0.2, 0.25) is 5.02 Å². The molecule has 1 aromatic heterocycles. The molecule has 0 aliphatic carbocycles. The van der Waals surface area contributed by atoms with Gasteiger partial charge in [-0.2, -0.15) is 0 Å². The molecule has 138 valence electrons. The van der Waals surface area contributed by atoms with Gasteiger partial charge in [0.1, 0.15) is 16.3 Å². The minimum atomic E-state index is -0.874. The second kappa shape index (κ2) is 8.20. The molecule has 0 saturated heterocycles. The van der Waals surface area contributed by atoms with Gasteiger partial charge in [0.2, 0.25) is 0 Å². The normalized spacial score (nSPS) is 10.3. The van der Waals surface area contributed by atoms with Gasteiger partial charge in [-0.3, -0.25) is 4.79 Å². The summed E-state index contributed by atoms with van der Waals surface area (Å²) in [4.78, 5) is 36.7. The van der Waals surface area contributed by atoms with Crippen LogP contribution in [-0.2, 0) is 14.3 Å². The highest BCUT2D eigenvalue weighted by Crippen LogP contribution is 2.33. The maximum absolute atomic E-state index is 12.1. The SMILES string of the molecule is COC(=O)c1c(NC(=O)COC(=O)c2ccc(Cl)cc2O)sc(C)c1C. The van der Waals surface area contributed by atoms with Crippen LogP contribution in [0.4, 0.5) is 5.00 Å². The highest BCUT2D eigenvalue weighted by atomic mass is 35.5. The van der Waals surface area contributed by atoms with Gasteiger partial charge in [-0.25, -0.2) is 9.59 Å². The van der Waals surface area contributed by atoms with Crippen LogP contribution >= 0.6 is 22.9 Å². The average molecular weight is 398 g/mol. The lowest BCUT2D eigenvalue weighted by molar-refractivity contribution is -0.119. The van der Waals surface area contributed by atoms with E-state index < -0.39 is 24.5 Å². The molecule has 0 aliphatic rings. The molecule has 0 spiro atoms. The van der Waals surface area contributed by atoms with Gasteiger partial charge in [-0.15, -0.1) is 11.3 Å². The number of nitrogens with one attached hydrogen (secondary N) is 1. The van der Waals surface area contributed by atoms with Crippen molar-refractivity contribution in [3.8, 4) is 5.75 Å². The number of esters is 2. The summed E-state index contributed by atoms with van der Waals surface area (Å²) in [6.45, 7) is 2.97. The molecule has 0 atom stereocenters. The molecule has 0 bridgehead atoms. The Labute approximate surface area is 158 Å². The predicted octanol–water partition coefficient (Wildman–Crippen LogP) is 3.31. The van der Waals surface area contributed by atoms with Gasteiger partial charge in [-0.1, -0.05) is 11.6 Å². The van der Waals surface area contributed by atoms with E-state index in [1.807, 2.05) is 6.92 Å². The predicted molar refractivity (Wildman–Crippen MR) is 97.2 cm³/mol. The van der Waals surface area contributed by atoms with Crippen LogP contribution in [0.3, 0.4) is 0 Å². The summed E-state index contributed by atoms with van der Waals surface area (Å²) < 4.78 is 9.60. The monoisotopic (exact) mass is 397 g/mol. The number of amides is 1. The molecule has 2 aromatic rings. The van der Waals surface area contributed by atoms with Gasteiger partial charge < -0.3 is 19.9 Å². The molecule has 1 heterocycles. The summed E-state index contributed by atoms with van der Waals surface area (Å²) in [5.41, 5.74) is 0.866. The Morgan fingerprint density at radius 3 is 2.54 bits per heavy atom. The van der Waals surface area contributed by atoms with E-state index in [9.17, 15) is 19.5 Å². The Morgan fingerprint density at radius 1 is 1.23 bits per heavy atom. The maximum Gasteiger partial charge on any atom is 0.342 e. The summed E-state index contributed by atoms with van der Waals surface area (Å²) in [6, 6.07) is 3.90. The first-order valence-electron chi connectivity index (χ1n) is 7.38. The van der Waals surface area contributed by atoms with Crippen molar-refractivity contribution in [1.29, 1.82) is 0 Å². The number of phenols is 1. The number of carbonyl (C=O) groups excluding carboxylic acids is 3. The minimum absolute atomic E-state index is 0.111. The molecular formula is C17H16ClNO6S. The van der Waals surface area contributed by atoms with Gasteiger partial charge >= 0.3 is 11.9 Å².